The van der Waals surface area contributed by atoms with E-state index in [1.54, 1.807) is 29.6 Å². The van der Waals surface area contributed by atoms with Gasteiger partial charge in [-0.25, -0.2) is 9.59 Å². The molecule has 0 bridgehead atoms. The summed E-state index contributed by atoms with van der Waals surface area (Å²) in [4.78, 5) is 49.3. The molecule has 1 aromatic carbocycles. The van der Waals surface area contributed by atoms with Crippen LogP contribution in [0.3, 0.4) is 0 Å². The first-order valence-corrected chi connectivity index (χ1v) is 21.6. The van der Waals surface area contributed by atoms with E-state index in [0.717, 1.165) is 86.4 Å². The van der Waals surface area contributed by atoms with Crippen LogP contribution >= 0.6 is 23.5 Å². The van der Waals surface area contributed by atoms with Gasteiger partial charge in [0.05, 0.1) is 36.2 Å². The summed E-state index contributed by atoms with van der Waals surface area (Å²) in [5.41, 5.74) is 1.23. The first-order valence-electron chi connectivity index (χ1n) is 19.3. The Bertz CT molecular complexity index is 1110. The van der Waals surface area contributed by atoms with Gasteiger partial charge in [-0.1, -0.05) is 84.1 Å². The Morgan fingerprint density at radius 3 is 1.50 bits per heavy atom. The molecule has 0 aliphatic rings. The average Bonchev–Trinajstić information content (AvgIpc) is 3.09. The Kier molecular flexibility index (Phi) is 26.9. The second-order valence-corrected chi connectivity index (χ2v) is 15.5. The highest BCUT2D eigenvalue weighted by Crippen LogP contribution is 2.26. The van der Waals surface area contributed by atoms with Crippen molar-refractivity contribution in [2.45, 2.75) is 143 Å². The Balaban J connectivity index is 2.73. The van der Waals surface area contributed by atoms with Crippen LogP contribution in [0, 0.1) is 11.8 Å². The van der Waals surface area contributed by atoms with E-state index in [1.165, 1.54) is 44.6 Å². The van der Waals surface area contributed by atoms with Crippen LogP contribution in [0.4, 0.5) is 0 Å². The van der Waals surface area contributed by atoms with Crippen molar-refractivity contribution in [2.24, 2.45) is 11.8 Å². The van der Waals surface area contributed by atoms with Gasteiger partial charge < -0.3 is 19.7 Å². The van der Waals surface area contributed by atoms with Gasteiger partial charge in [0.15, 0.2) is 0 Å². The number of aromatic carboxylic acids is 2. The number of hydrogen-bond acceptors (Lipinski definition) is 8. The van der Waals surface area contributed by atoms with Gasteiger partial charge >= 0.3 is 23.9 Å². The molecule has 286 valence electrons. The van der Waals surface area contributed by atoms with Crippen molar-refractivity contribution in [1.29, 1.82) is 0 Å². The predicted molar refractivity (Wildman–Crippen MR) is 208 cm³/mol. The highest BCUT2D eigenvalue weighted by Gasteiger charge is 2.23. The summed E-state index contributed by atoms with van der Waals surface area (Å²) in [7, 11) is 0. The van der Waals surface area contributed by atoms with Gasteiger partial charge in [0.25, 0.3) is 0 Å². The Labute approximate surface area is 311 Å². The number of thioether (sulfide) groups is 2. The number of carbonyl (C=O) groups is 4. The second-order valence-electron chi connectivity index (χ2n) is 13.0. The van der Waals surface area contributed by atoms with Crippen LogP contribution in [0.1, 0.15) is 162 Å². The standard InChI is InChI=1S/C40H66O8S2/c1-5-9-11-13-15-19-32(39(45)47-7-3)25-29-49-27-17-21-31-23-24-35(37(41)42)36(38(43)44)34(31)22-18-28-50-30-26-33(40(46)48-8-4)20-16-14-12-10-6-2/h23-24,32-33H,5-22,25-30H2,1-4H3,(H,41,42)(H,43,44). The molecule has 50 heavy (non-hydrogen) atoms. The van der Waals surface area contributed by atoms with E-state index in [4.69, 9.17) is 9.47 Å². The van der Waals surface area contributed by atoms with Crippen LogP contribution in [0.25, 0.3) is 0 Å². The molecule has 10 heteroatoms. The van der Waals surface area contributed by atoms with Crippen molar-refractivity contribution in [1.82, 2.24) is 0 Å². The zero-order valence-corrected chi connectivity index (χ0v) is 33.1. The third-order valence-corrected chi connectivity index (χ3v) is 11.3. The molecule has 0 spiro atoms. The lowest BCUT2D eigenvalue weighted by Gasteiger charge is -2.17. The molecular weight excluding hydrogens is 673 g/mol. The van der Waals surface area contributed by atoms with Gasteiger partial charge in [-0.2, -0.15) is 23.5 Å². The first-order chi connectivity index (χ1) is 24.2. The Hall–Kier alpha value is -2.20. The van der Waals surface area contributed by atoms with Gasteiger partial charge in [0.1, 0.15) is 0 Å². The molecule has 1 rings (SSSR count). The van der Waals surface area contributed by atoms with E-state index in [2.05, 4.69) is 13.8 Å². The Morgan fingerprint density at radius 1 is 0.580 bits per heavy atom. The molecule has 1 aromatic rings. The maximum absolute atomic E-state index is 12.5. The van der Waals surface area contributed by atoms with E-state index >= 15 is 0 Å². The van der Waals surface area contributed by atoms with Crippen LogP contribution in [0.5, 0.6) is 0 Å². The van der Waals surface area contributed by atoms with Gasteiger partial charge in [0.2, 0.25) is 0 Å². The number of unbranched alkanes of at least 4 members (excludes halogenated alkanes) is 8. The van der Waals surface area contributed by atoms with Gasteiger partial charge in [0, 0.05) is 0 Å². The van der Waals surface area contributed by atoms with E-state index < -0.39 is 11.9 Å². The highest BCUT2D eigenvalue weighted by atomic mass is 32.2. The van der Waals surface area contributed by atoms with Crippen molar-refractivity contribution in [3.05, 3.63) is 34.4 Å². The molecule has 8 nitrogen and oxygen atoms in total. The van der Waals surface area contributed by atoms with Gasteiger partial charge in [-0.05, 0) is 105 Å². The number of ether oxygens (including phenoxy) is 2. The molecule has 0 radical (unpaired) electrons. The number of hydrogen-bond donors (Lipinski definition) is 2. The van der Waals surface area contributed by atoms with E-state index in [0.29, 0.717) is 38.0 Å². The molecule has 0 fully saturated rings. The smallest absolute Gasteiger partial charge is 0.336 e. The zero-order chi connectivity index (χ0) is 37.0. The number of rotatable bonds is 32. The van der Waals surface area contributed by atoms with Crippen LogP contribution in [-0.2, 0) is 31.9 Å². The van der Waals surface area contributed by atoms with E-state index in [1.807, 2.05) is 13.8 Å². The van der Waals surface area contributed by atoms with Crippen molar-refractivity contribution in [2.75, 3.05) is 36.2 Å². The average molecular weight is 739 g/mol. The highest BCUT2D eigenvalue weighted by molar-refractivity contribution is 7.99. The fraction of sp³-hybridized carbons (Fsp3) is 0.750. The third kappa shape index (κ3) is 19.4. The quantitative estimate of drug-likeness (QED) is 0.0544. The van der Waals surface area contributed by atoms with Crippen molar-refractivity contribution >= 4 is 47.4 Å². The van der Waals surface area contributed by atoms with Crippen molar-refractivity contribution in [3.8, 4) is 0 Å². The van der Waals surface area contributed by atoms with Gasteiger partial charge in [-0.15, -0.1) is 0 Å². The molecule has 0 aliphatic heterocycles. The van der Waals surface area contributed by atoms with Crippen LogP contribution in [0.15, 0.2) is 12.1 Å². The molecule has 0 saturated carbocycles. The number of benzene rings is 1. The molecule has 2 unspecified atom stereocenters. The number of carbonyl (C=O) groups excluding carboxylic acids is 2. The Morgan fingerprint density at radius 2 is 1.06 bits per heavy atom. The largest absolute Gasteiger partial charge is 0.478 e. The monoisotopic (exact) mass is 738 g/mol. The van der Waals surface area contributed by atoms with Crippen LogP contribution in [0.2, 0.25) is 0 Å². The lowest BCUT2D eigenvalue weighted by molar-refractivity contribution is -0.149. The molecule has 0 amide bonds. The topological polar surface area (TPSA) is 127 Å². The fourth-order valence-electron chi connectivity index (χ4n) is 6.27. The lowest BCUT2D eigenvalue weighted by atomic mass is 9.91. The van der Waals surface area contributed by atoms with Crippen molar-refractivity contribution in [3.63, 3.8) is 0 Å². The lowest BCUT2D eigenvalue weighted by Crippen LogP contribution is -2.19. The van der Waals surface area contributed by atoms with E-state index in [-0.39, 0.29) is 34.9 Å². The number of aryl methyl sites for hydroxylation is 1. The number of esters is 2. The van der Waals surface area contributed by atoms with Crippen molar-refractivity contribution < 1.29 is 38.9 Å². The molecule has 0 heterocycles. The second kappa shape index (κ2) is 29.4. The predicted octanol–water partition coefficient (Wildman–Crippen LogP) is 10.3. The summed E-state index contributed by atoms with van der Waals surface area (Å²) in [6, 6.07) is 3.21. The molecule has 0 aromatic heterocycles. The summed E-state index contributed by atoms with van der Waals surface area (Å²) >= 11 is 3.54. The van der Waals surface area contributed by atoms with Crippen LogP contribution < -0.4 is 0 Å². The number of carboxylic acids is 2. The maximum atomic E-state index is 12.5. The molecule has 0 aliphatic carbocycles. The summed E-state index contributed by atoms with van der Waals surface area (Å²) in [6.07, 6.45) is 17.5. The maximum Gasteiger partial charge on any atom is 0.336 e. The summed E-state index contributed by atoms with van der Waals surface area (Å²) < 4.78 is 10.7. The summed E-state index contributed by atoms with van der Waals surface area (Å²) in [5.74, 6) is 0.521. The minimum absolute atomic E-state index is 0.0677. The summed E-state index contributed by atoms with van der Waals surface area (Å²) in [5, 5.41) is 19.8. The normalized spacial score (nSPS) is 12.4. The third-order valence-electron chi connectivity index (χ3n) is 9.08. The minimum Gasteiger partial charge on any atom is -0.478 e. The van der Waals surface area contributed by atoms with Crippen LogP contribution in [-0.4, -0.2) is 70.3 Å². The first kappa shape index (κ1) is 45.8. The fourth-order valence-corrected chi connectivity index (χ4v) is 8.28. The SMILES string of the molecule is CCCCCCCC(CCSCCCc1ccc(C(=O)O)c(C(=O)O)c1CCCSCCC(CCCCCCC)C(=O)OCC)C(=O)OCC. The summed E-state index contributed by atoms with van der Waals surface area (Å²) in [6.45, 7) is 8.85. The van der Waals surface area contributed by atoms with Gasteiger partial charge in [-0.3, -0.25) is 9.59 Å². The molecular formula is C40H66O8S2. The number of carboxylic acid groups (broad SMARTS) is 2. The molecule has 0 saturated heterocycles. The van der Waals surface area contributed by atoms with E-state index in [9.17, 15) is 29.4 Å². The minimum atomic E-state index is -1.23. The zero-order valence-electron chi connectivity index (χ0n) is 31.4. The molecule has 2 N–H and O–H groups in total. The molecule has 2 atom stereocenters.